The average molecular weight is 455 g/mol. The van der Waals surface area contributed by atoms with Crippen LogP contribution in [0.25, 0.3) is 0 Å². The first kappa shape index (κ1) is 28.3. The Labute approximate surface area is 194 Å². The molecular formula is C26H46O4S. The van der Waals surface area contributed by atoms with Crippen molar-refractivity contribution in [2.75, 3.05) is 5.75 Å². The van der Waals surface area contributed by atoms with Crippen LogP contribution in [0, 0.1) is 11.8 Å². The third-order valence-electron chi connectivity index (χ3n) is 6.13. The van der Waals surface area contributed by atoms with Crippen molar-refractivity contribution in [3.63, 3.8) is 0 Å². The van der Waals surface area contributed by atoms with Gasteiger partial charge in [-0.2, -0.15) is 0 Å². The van der Waals surface area contributed by atoms with E-state index in [0.717, 1.165) is 57.1 Å². The lowest BCUT2D eigenvalue weighted by atomic mass is 9.96. The number of unbranched alkanes of at least 4 members (excludes halogenated alkanes) is 5. The van der Waals surface area contributed by atoms with E-state index in [0.29, 0.717) is 5.92 Å². The molecule has 5 heteroatoms. The normalized spacial score (nSPS) is 21.2. The average Bonchev–Trinajstić information content (AvgIpc) is 3.01. The van der Waals surface area contributed by atoms with Crippen molar-refractivity contribution in [1.82, 2.24) is 0 Å². The Bertz CT molecular complexity index is 558. The molecule has 1 aliphatic rings. The van der Waals surface area contributed by atoms with Gasteiger partial charge in [0.1, 0.15) is 0 Å². The van der Waals surface area contributed by atoms with Crippen molar-refractivity contribution in [3.8, 4) is 0 Å². The molecule has 0 aromatic carbocycles. The number of carboxylic acid groups (broad SMARTS) is 1. The molecule has 0 aromatic heterocycles. The summed E-state index contributed by atoms with van der Waals surface area (Å²) < 4.78 is 0. The molecule has 0 aromatic rings. The Kier molecular flexibility index (Phi) is 15.3. The number of aliphatic carboxylic acids is 1. The standard InChI is InChI=1S/C26H46O4S/c1-4-6-9-13-21-19-24(28)23(16-15-22(27)18-20(3)12-7-5-2)26(21)31-17-11-8-10-14-25(29)30/h15-16,20,22-24,27-28H,4-14,17-19H2,1-3H3,(H,29,30)/b16-15+/t20-,22-,23+,24-/m1/s1. The molecule has 0 fully saturated rings. The van der Waals surface area contributed by atoms with Gasteiger partial charge >= 0.3 is 5.97 Å². The van der Waals surface area contributed by atoms with Crippen LogP contribution in [0.2, 0.25) is 0 Å². The van der Waals surface area contributed by atoms with Crippen LogP contribution in [0.5, 0.6) is 0 Å². The van der Waals surface area contributed by atoms with Gasteiger partial charge in [0.05, 0.1) is 12.2 Å². The lowest BCUT2D eigenvalue weighted by Crippen LogP contribution is -2.15. The minimum absolute atomic E-state index is 0.0127. The first-order valence-corrected chi connectivity index (χ1v) is 13.5. The zero-order valence-electron chi connectivity index (χ0n) is 20.0. The van der Waals surface area contributed by atoms with E-state index in [1.54, 1.807) is 0 Å². The van der Waals surface area contributed by atoms with Crippen molar-refractivity contribution in [2.45, 2.75) is 116 Å². The number of hydrogen-bond acceptors (Lipinski definition) is 4. The molecule has 1 rings (SSSR count). The van der Waals surface area contributed by atoms with Gasteiger partial charge in [0.2, 0.25) is 0 Å². The Balaban J connectivity index is 2.68. The maximum Gasteiger partial charge on any atom is 0.303 e. The van der Waals surface area contributed by atoms with Crippen LogP contribution in [0.15, 0.2) is 22.6 Å². The Morgan fingerprint density at radius 1 is 1.13 bits per heavy atom. The Hall–Kier alpha value is -0.780. The Morgan fingerprint density at radius 2 is 1.87 bits per heavy atom. The number of carboxylic acids is 1. The van der Waals surface area contributed by atoms with Gasteiger partial charge in [-0.3, -0.25) is 4.79 Å². The third-order valence-corrected chi connectivity index (χ3v) is 7.50. The minimum Gasteiger partial charge on any atom is -0.481 e. The lowest BCUT2D eigenvalue weighted by Gasteiger charge is -2.17. The molecule has 0 saturated heterocycles. The fourth-order valence-corrected chi connectivity index (χ4v) is 5.65. The molecule has 0 amide bonds. The zero-order chi connectivity index (χ0) is 23.1. The molecule has 0 heterocycles. The number of carbonyl (C=O) groups is 1. The van der Waals surface area contributed by atoms with Crippen molar-refractivity contribution in [1.29, 1.82) is 0 Å². The van der Waals surface area contributed by atoms with E-state index in [2.05, 4.69) is 20.8 Å². The summed E-state index contributed by atoms with van der Waals surface area (Å²) in [6.45, 7) is 6.61. The van der Waals surface area contributed by atoms with E-state index < -0.39 is 18.2 Å². The van der Waals surface area contributed by atoms with Gasteiger partial charge in [-0.05, 0) is 55.1 Å². The predicted octanol–water partition coefficient (Wildman–Crippen LogP) is 6.71. The summed E-state index contributed by atoms with van der Waals surface area (Å²) in [6, 6.07) is 0. The van der Waals surface area contributed by atoms with Gasteiger partial charge in [-0.1, -0.05) is 77.0 Å². The third kappa shape index (κ3) is 12.1. The summed E-state index contributed by atoms with van der Waals surface area (Å²) >= 11 is 1.84. The van der Waals surface area contributed by atoms with Crippen LogP contribution in [0.1, 0.15) is 104 Å². The Morgan fingerprint density at radius 3 is 2.55 bits per heavy atom. The first-order valence-electron chi connectivity index (χ1n) is 12.5. The van der Waals surface area contributed by atoms with Crippen molar-refractivity contribution in [3.05, 3.63) is 22.6 Å². The van der Waals surface area contributed by atoms with Crippen LogP contribution in [0.4, 0.5) is 0 Å². The molecule has 4 nitrogen and oxygen atoms in total. The highest BCUT2D eigenvalue weighted by molar-refractivity contribution is 8.03. The van der Waals surface area contributed by atoms with Gasteiger partial charge in [-0.25, -0.2) is 0 Å². The summed E-state index contributed by atoms with van der Waals surface area (Å²) in [5.74, 6) is 0.731. The lowest BCUT2D eigenvalue weighted by molar-refractivity contribution is -0.137. The maximum absolute atomic E-state index is 10.7. The van der Waals surface area contributed by atoms with E-state index in [-0.39, 0.29) is 12.3 Å². The topological polar surface area (TPSA) is 77.8 Å². The zero-order valence-corrected chi connectivity index (χ0v) is 20.8. The van der Waals surface area contributed by atoms with Gasteiger partial charge in [0, 0.05) is 12.3 Å². The van der Waals surface area contributed by atoms with Gasteiger partial charge < -0.3 is 15.3 Å². The smallest absolute Gasteiger partial charge is 0.303 e. The number of aliphatic hydroxyl groups excluding tert-OH is 2. The first-order chi connectivity index (χ1) is 14.9. The fraction of sp³-hybridized carbons (Fsp3) is 0.808. The van der Waals surface area contributed by atoms with E-state index in [1.165, 1.54) is 36.2 Å². The number of aliphatic hydroxyl groups is 2. The molecule has 0 unspecified atom stereocenters. The van der Waals surface area contributed by atoms with Crippen LogP contribution in [-0.2, 0) is 4.79 Å². The highest BCUT2D eigenvalue weighted by Gasteiger charge is 2.31. The number of hydrogen-bond donors (Lipinski definition) is 3. The number of rotatable bonds is 18. The predicted molar refractivity (Wildman–Crippen MR) is 132 cm³/mol. The molecule has 4 atom stereocenters. The second kappa shape index (κ2) is 16.8. The molecule has 31 heavy (non-hydrogen) atoms. The van der Waals surface area contributed by atoms with Gasteiger partial charge in [0.25, 0.3) is 0 Å². The van der Waals surface area contributed by atoms with Crippen LogP contribution in [-0.4, -0.2) is 39.2 Å². The van der Waals surface area contributed by atoms with Gasteiger partial charge in [0.15, 0.2) is 0 Å². The second-order valence-electron chi connectivity index (χ2n) is 9.21. The molecule has 0 spiro atoms. The fourth-order valence-electron chi connectivity index (χ4n) is 4.26. The molecule has 3 N–H and O–H groups in total. The summed E-state index contributed by atoms with van der Waals surface area (Å²) in [5.41, 5.74) is 1.39. The summed E-state index contributed by atoms with van der Waals surface area (Å²) in [6.07, 6.45) is 15.7. The van der Waals surface area contributed by atoms with Crippen molar-refractivity contribution in [2.24, 2.45) is 11.8 Å². The monoisotopic (exact) mass is 454 g/mol. The SMILES string of the molecule is CCCCCC1=C(SCCCCCC(=O)O)[C@@H](/C=C/[C@@H](O)C[C@H](C)CCCC)[C@H](O)C1. The summed E-state index contributed by atoms with van der Waals surface area (Å²) in [5, 5.41) is 30.0. The van der Waals surface area contributed by atoms with E-state index in [1.807, 2.05) is 23.9 Å². The van der Waals surface area contributed by atoms with Crippen molar-refractivity contribution < 1.29 is 20.1 Å². The van der Waals surface area contributed by atoms with E-state index in [9.17, 15) is 15.0 Å². The summed E-state index contributed by atoms with van der Waals surface area (Å²) in [7, 11) is 0. The van der Waals surface area contributed by atoms with Crippen LogP contribution in [0.3, 0.4) is 0 Å². The molecule has 0 saturated carbocycles. The highest BCUT2D eigenvalue weighted by atomic mass is 32.2. The number of thioether (sulfide) groups is 1. The van der Waals surface area contributed by atoms with Crippen LogP contribution >= 0.6 is 11.8 Å². The second-order valence-corrected chi connectivity index (χ2v) is 10.3. The largest absolute Gasteiger partial charge is 0.481 e. The van der Waals surface area contributed by atoms with E-state index in [4.69, 9.17) is 5.11 Å². The molecule has 0 radical (unpaired) electrons. The summed E-state index contributed by atoms with van der Waals surface area (Å²) in [4.78, 5) is 12.0. The quantitative estimate of drug-likeness (QED) is 0.158. The highest BCUT2D eigenvalue weighted by Crippen LogP contribution is 2.43. The van der Waals surface area contributed by atoms with E-state index >= 15 is 0 Å². The maximum atomic E-state index is 10.7. The van der Waals surface area contributed by atoms with Crippen molar-refractivity contribution >= 4 is 17.7 Å². The van der Waals surface area contributed by atoms with Crippen LogP contribution < -0.4 is 0 Å². The molecule has 0 bridgehead atoms. The van der Waals surface area contributed by atoms with Gasteiger partial charge in [-0.15, -0.1) is 11.8 Å². The molecule has 0 aliphatic heterocycles. The molecule has 180 valence electrons. The molecule has 1 aliphatic carbocycles. The molecular weight excluding hydrogens is 408 g/mol. The minimum atomic E-state index is -0.722.